The van der Waals surface area contributed by atoms with Gasteiger partial charge in [0, 0.05) is 31.4 Å². The van der Waals surface area contributed by atoms with E-state index in [4.69, 9.17) is 0 Å². The molecule has 6 heteroatoms. The molecule has 5 nitrogen and oxygen atoms in total. The van der Waals surface area contributed by atoms with Gasteiger partial charge in [0.2, 0.25) is 0 Å². The molecule has 0 atom stereocenters. The zero-order chi connectivity index (χ0) is 14.1. The van der Waals surface area contributed by atoms with E-state index in [1.54, 1.807) is 0 Å². The highest BCUT2D eigenvalue weighted by atomic mass is 35.5. The minimum atomic E-state index is 0. The number of anilines is 1. The molecule has 116 valence electrons. The summed E-state index contributed by atoms with van der Waals surface area (Å²) in [7, 11) is 1.96. The Balaban J connectivity index is 0.00000161. The molecule has 21 heavy (non-hydrogen) atoms. The van der Waals surface area contributed by atoms with Gasteiger partial charge in [-0.1, -0.05) is 12.8 Å². The number of nitrogens with one attached hydrogen (secondary N) is 1. The lowest BCUT2D eigenvalue weighted by molar-refractivity contribution is 0.464. The standard InChI is InChI=1S/C15H23N5.ClH/c1-11-8-15(19(3)17-11)16-9-13-10-20(18-12(13)2)14-6-4-5-7-14;/h8,10,14,16H,4-7,9H2,1-3H3;1H. The molecule has 1 saturated carbocycles. The summed E-state index contributed by atoms with van der Waals surface area (Å²) in [6, 6.07) is 2.68. The van der Waals surface area contributed by atoms with Crippen LogP contribution in [0.1, 0.15) is 48.7 Å². The van der Waals surface area contributed by atoms with Crippen LogP contribution in [0, 0.1) is 13.8 Å². The lowest BCUT2D eigenvalue weighted by atomic mass is 10.2. The van der Waals surface area contributed by atoms with E-state index in [1.165, 1.54) is 31.2 Å². The van der Waals surface area contributed by atoms with E-state index in [9.17, 15) is 0 Å². The average Bonchev–Trinajstić information content (AvgIpc) is 3.08. The van der Waals surface area contributed by atoms with E-state index in [-0.39, 0.29) is 12.4 Å². The number of hydrogen-bond donors (Lipinski definition) is 1. The Morgan fingerprint density at radius 3 is 2.57 bits per heavy atom. The molecule has 1 aliphatic rings. The average molecular weight is 310 g/mol. The highest BCUT2D eigenvalue weighted by Gasteiger charge is 2.18. The van der Waals surface area contributed by atoms with Crippen LogP contribution in [-0.4, -0.2) is 19.6 Å². The van der Waals surface area contributed by atoms with E-state index in [2.05, 4.69) is 39.4 Å². The normalized spacial score (nSPS) is 15.2. The first kappa shape index (κ1) is 15.9. The molecule has 0 aromatic carbocycles. The number of aromatic nitrogens is 4. The first-order chi connectivity index (χ1) is 9.63. The molecule has 0 bridgehead atoms. The van der Waals surface area contributed by atoms with Crippen LogP contribution in [-0.2, 0) is 13.6 Å². The van der Waals surface area contributed by atoms with Crippen molar-refractivity contribution in [3.63, 3.8) is 0 Å². The van der Waals surface area contributed by atoms with Gasteiger partial charge in [0.25, 0.3) is 0 Å². The van der Waals surface area contributed by atoms with Crippen LogP contribution in [0.2, 0.25) is 0 Å². The van der Waals surface area contributed by atoms with Crippen molar-refractivity contribution >= 4 is 18.2 Å². The summed E-state index contributed by atoms with van der Waals surface area (Å²) in [5.41, 5.74) is 3.44. The molecule has 1 N–H and O–H groups in total. The zero-order valence-electron chi connectivity index (χ0n) is 13.0. The summed E-state index contributed by atoms with van der Waals surface area (Å²) in [5, 5.41) is 12.5. The fourth-order valence-corrected chi connectivity index (χ4v) is 3.01. The van der Waals surface area contributed by atoms with Crippen molar-refractivity contribution < 1.29 is 0 Å². The second-order valence-electron chi connectivity index (χ2n) is 5.81. The van der Waals surface area contributed by atoms with Gasteiger partial charge in [-0.3, -0.25) is 9.36 Å². The number of rotatable bonds is 4. The largest absolute Gasteiger partial charge is 0.366 e. The quantitative estimate of drug-likeness (QED) is 0.942. The van der Waals surface area contributed by atoms with E-state index >= 15 is 0 Å². The fourth-order valence-electron chi connectivity index (χ4n) is 3.01. The van der Waals surface area contributed by atoms with Crippen LogP contribution in [0.25, 0.3) is 0 Å². The molecule has 2 heterocycles. The summed E-state index contributed by atoms with van der Waals surface area (Å²) < 4.78 is 4.06. The highest BCUT2D eigenvalue weighted by Crippen LogP contribution is 2.29. The van der Waals surface area contributed by atoms with Crippen molar-refractivity contribution in [2.75, 3.05) is 5.32 Å². The third-order valence-electron chi connectivity index (χ3n) is 4.18. The smallest absolute Gasteiger partial charge is 0.124 e. The third-order valence-corrected chi connectivity index (χ3v) is 4.18. The second kappa shape index (κ2) is 6.52. The van der Waals surface area contributed by atoms with Gasteiger partial charge in [-0.15, -0.1) is 12.4 Å². The molecule has 2 aromatic heterocycles. The van der Waals surface area contributed by atoms with Gasteiger partial charge in [0.15, 0.2) is 0 Å². The van der Waals surface area contributed by atoms with Gasteiger partial charge in [0.1, 0.15) is 5.82 Å². The Hall–Kier alpha value is -1.49. The summed E-state index contributed by atoms with van der Waals surface area (Å²) in [5.74, 6) is 1.05. The van der Waals surface area contributed by atoms with Crippen molar-refractivity contribution in [1.29, 1.82) is 0 Å². The first-order valence-electron chi connectivity index (χ1n) is 7.42. The van der Waals surface area contributed by atoms with Gasteiger partial charge in [0.05, 0.1) is 17.4 Å². The topological polar surface area (TPSA) is 47.7 Å². The summed E-state index contributed by atoms with van der Waals surface area (Å²) >= 11 is 0. The Kier molecular flexibility index (Phi) is 4.93. The SMILES string of the molecule is Cc1cc(NCc2cn(C3CCCC3)nc2C)n(C)n1.Cl. The number of aryl methyl sites for hydroxylation is 3. The van der Waals surface area contributed by atoms with E-state index in [0.29, 0.717) is 6.04 Å². The fraction of sp³-hybridized carbons (Fsp3) is 0.600. The maximum Gasteiger partial charge on any atom is 0.124 e. The van der Waals surface area contributed by atoms with Crippen molar-refractivity contribution in [2.45, 2.75) is 52.1 Å². The molecular weight excluding hydrogens is 286 g/mol. The van der Waals surface area contributed by atoms with Crippen molar-refractivity contribution in [3.8, 4) is 0 Å². The van der Waals surface area contributed by atoms with Crippen molar-refractivity contribution in [2.24, 2.45) is 7.05 Å². The highest BCUT2D eigenvalue weighted by molar-refractivity contribution is 5.85. The first-order valence-corrected chi connectivity index (χ1v) is 7.42. The van der Waals surface area contributed by atoms with Gasteiger partial charge < -0.3 is 5.32 Å². The van der Waals surface area contributed by atoms with Gasteiger partial charge >= 0.3 is 0 Å². The summed E-state index contributed by atoms with van der Waals surface area (Å²) in [6.45, 7) is 4.91. The Morgan fingerprint density at radius 2 is 1.95 bits per heavy atom. The second-order valence-corrected chi connectivity index (χ2v) is 5.81. The van der Waals surface area contributed by atoms with Gasteiger partial charge in [-0.2, -0.15) is 10.2 Å². The lowest BCUT2D eigenvalue weighted by Crippen LogP contribution is -2.05. The van der Waals surface area contributed by atoms with Crippen LogP contribution >= 0.6 is 12.4 Å². The molecule has 0 unspecified atom stereocenters. The molecule has 1 fully saturated rings. The van der Waals surface area contributed by atoms with Gasteiger partial charge in [-0.05, 0) is 26.7 Å². The maximum atomic E-state index is 4.69. The summed E-state index contributed by atoms with van der Waals surface area (Å²) in [6.07, 6.45) is 7.43. The molecule has 0 spiro atoms. The van der Waals surface area contributed by atoms with Crippen LogP contribution in [0.4, 0.5) is 5.82 Å². The number of nitrogens with zero attached hydrogens (tertiary/aromatic N) is 4. The lowest BCUT2D eigenvalue weighted by Gasteiger charge is -2.08. The van der Waals surface area contributed by atoms with Crippen molar-refractivity contribution in [1.82, 2.24) is 19.6 Å². The van der Waals surface area contributed by atoms with Crippen molar-refractivity contribution in [3.05, 3.63) is 29.2 Å². The third kappa shape index (κ3) is 3.40. The Labute approximate surface area is 132 Å². The number of halogens is 1. The molecule has 3 rings (SSSR count). The molecule has 0 aliphatic heterocycles. The van der Waals surface area contributed by atoms with Crippen LogP contribution < -0.4 is 5.32 Å². The monoisotopic (exact) mass is 309 g/mol. The van der Waals surface area contributed by atoms with E-state index < -0.39 is 0 Å². The molecule has 0 radical (unpaired) electrons. The van der Waals surface area contributed by atoms with E-state index in [1.807, 2.05) is 18.7 Å². The minimum Gasteiger partial charge on any atom is -0.366 e. The zero-order valence-corrected chi connectivity index (χ0v) is 13.8. The molecule has 1 aliphatic carbocycles. The molecule has 0 saturated heterocycles. The predicted molar refractivity (Wildman–Crippen MR) is 87.0 cm³/mol. The minimum absolute atomic E-state index is 0. The Morgan fingerprint density at radius 1 is 1.24 bits per heavy atom. The summed E-state index contributed by atoms with van der Waals surface area (Å²) in [4.78, 5) is 0. The van der Waals surface area contributed by atoms with Gasteiger partial charge in [-0.25, -0.2) is 0 Å². The van der Waals surface area contributed by atoms with Crippen LogP contribution in [0.15, 0.2) is 12.3 Å². The Bertz CT molecular complexity index is 595. The number of hydrogen-bond acceptors (Lipinski definition) is 3. The van der Waals surface area contributed by atoms with Crippen LogP contribution in [0.5, 0.6) is 0 Å². The van der Waals surface area contributed by atoms with E-state index in [0.717, 1.165) is 23.8 Å². The molecule has 2 aromatic rings. The molecule has 0 amide bonds. The predicted octanol–water partition coefficient (Wildman–Crippen LogP) is 3.38. The maximum absolute atomic E-state index is 4.69. The van der Waals surface area contributed by atoms with Crippen LogP contribution in [0.3, 0.4) is 0 Å². The molecular formula is C15H24ClN5.